The monoisotopic (exact) mass is 409 g/mol. The van der Waals surface area contributed by atoms with Crippen LogP contribution >= 0.6 is 0 Å². The van der Waals surface area contributed by atoms with Crippen LogP contribution in [0.15, 0.2) is 64.6 Å². The van der Waals surface area contributed by atoms with E-state index in [-0.39, 0.29) is 4.90 Å². The Labute approximate surface area is 158 Å². The minimum atomic E-state index is -4.54. The molecule has 0 bridgehead atoms. The average Bonchev–Trinajstić information content (AvgIpc) is 3.27. The van der Waals surface area contributed by atoms with Crippen LogP contribution in [0.5, 0.6) is 0 Å². The predicted molar refractivity (Wildman–Crippen MR) is 95.2 cm³/mol. The molecule has 0 fully saturated rings. The Morgan fingerprint density at radius 2 is 1.89 bits per heavy atom. The van der Waals surface area contributed by atoms with Gasteiger partial charge in [-0.1, -0.05) is 0 Å². The van der Waals surface area contributed by atoms with Crippen molar-refractivity contribution in [3.63, 3.8) is 0 Å². The number of fused-ring (bicyclic) bond motifs is 1. The molecule has 146 valence electrons. The zero-order valence-corrected chi connectivity index (χ0v) is 15.2. The van der Waals surface area contributed by atoms with Crippen molar-refractivity contribution in [2.75, 3.05) is 0 Å². The molecule has 0 aliphatic carbocycles. The van der Waals surface area contributed by atoms with Gasteiger partial charge in [-0.25, -0.2) is 0 Å². The van der Waals surface area contributed by atoms with Crippen LogP contribution in [-0.4, -0.2) is 34.9 Å². The number of benzene rings is 1. The van der Waals surface area contributed by atoms with Gasteiger partial charge in [0.2, 0.25) is 0 Å². The van der Waals surface area contributed by atoms with E-state index < -0.39 is 27.8 Å². The van der Waals surface area contributed by atoms with Crippen molar-refractivity contribution in [2.45, 2.75) is 17.1 Å². The van der Waals surface area contributed by atoms with Crippen LogP contribution in [-0.2, 0) is 23.2 Å². The van der Waals surface area contributed by atoms with Gasteiger partial charge in [0.05, 0.1) is 28.6 Å². The molecule has 2 aliphatic heterocycles. The first-order valence-electron chi connectivity index (χ1n) is 8.10. The molecule has 0 saturated heterocycles. The summed E-state index contributed by atoms with van der Waals surface area (Å²) in [5.74, 6) is 0. The van der Waals surface area contributed by atoms with Gasteiger partial charge >= 0.3 is 6.18 Å². The second-order valence-corrected chi connectivity index (χ2v) is 8.02. The van der Waals surface area contributed by atoms with Crippen LogP contribution in [0, 0.1) is 0 Å². The summed E-state index contributed by atoms with van der Waals surface area (Å²) in [5.41, 5.74) is 0.910. The smallest absolute Gasteiger partial charge is 0.377 e. The summed E-state index contributed by atoms with van der Waals surface area (Å²) in [4.78, 5) is -0.281. The lowest BCUT2D eigenvalue weighted by Crippen LogP contribution is -2.34. The number of sulfonamides is 1. The number of hydrogen-bond acceptors (Lipinski definition) is 5. The highest BCUT2D eigenvalue weighted by Gasteiger charge is 2.37. The van der Waals surface area contributed by atoms with E-state index in [9.17, 15) is 21.6 Å². The third-order valence-electron chi connectivity index (χ3n) is 4.33. The third kappa shape index (κ3) is 3.07. The second-order valence-electron chi connectivity index (χ2n) is 6.25. The first kappa shape index (κ1) is 18.3. The second kappa shape index (κ2) is 6.23. The zero-order chi connectivity index (χ0) is 20.1. The topological polar surface area (TPSA) is 79.6 Å². The molecule has 1 aromatic carbocycles. The van der Waals surface area contributed by atoms with Gasteiger partial charge in [-0.15, -0.1) is 0 Å². The molecule has 1 atom stereocenters. The lowest BCUT2D eigenvalue weighted by molar-refractivity contribution is -0.137. The fourth-order valence-electron chi connectivity index (χ4n) is 2.90. The minimum Gasteiger partial charge on any atom is -0.377 e. The Bertz CT molecular complexity index is 1110. The molecule has 7 nitrogen and oxygen atoms in total. The number of rotatable bonds is 3. The van der Waals surface area contributed by atoms with Crippen molar-refractivity contribution in [3.8, 4) is 0 Å². The summed E-state index contributed by atoms with van der Waals surface area (Å²) in [7, 11) is -2.40. The van der Waals surface area contributed by atoms with Gasteiger partial charge in [0.25, 0.3) is 10.0 Å². The van der Waals surface area contributed by atoms with E-state index in [1.165, 1.54) is 6.21 Å². The van der Waals surface area contributed by atoms with Gasteiger partial charge in [-0.3, -0.25) is 4.68 Å². The molecular formula is C17H14F3N5O2S. The van der Waals surface area contributed by atoms with Gasteiger partial charge in [-0.05, 0) is 30.3 Å². The maximum Gasteiger partial charge on any atom is 0.416 e. The number of allylic oxidation sites excluding steroid dienone is 2. The van der Waals surface area contributed by atoms with Crippen LogP contribution in [0.3, 0.4) is 0 Å². The number of alkyl halides is 3. The average molecular weight is 409 g/mol. The highest BCUT2D eigenvalue weighted by molar-refractivity contribution is 7.89. The van der Waals surface area contributed by atoms with Gasteiger partial charge in [0, 0.05) is 30.6 Å². The molecule has 1 unspecified atom stereocenters. The van der Waals surface area contributed by atoms with E-state index in [1.54, 1.807) is 36.4 Å². The van der Waals surface area contributed by atoms with Crippen LogP contribution in [0.4, 0.5) is 13.2 Å². The molecule has 4 rings (SSSR count). The van der Waals surface area contributed by atoms with Crippen molar-refractivity contribution in [3.05, 3.63) is 65.8 Å². The van der Waals surface area contributed by atoms with E-state index in [0.29, 0.717) is 11.3 Å². The molecule has 11 heteroatoms. The van der Waals surface area contributed by atoms with Crippen LogP contribution < -0.4 is 5.32 Å². The SMILES string of the molecule is Cn1cc(C2=CNC3C=NN(S(=O)(=O)c4ccc(C(F)(F)F)cc4)C3=C2)cn1. The Morgan fingerprint density at radius 3 is 2.50 bits per heavy atom. The first-order chi connectivity index (χ1) is 13.2. The number of nitrogens with one attached hydrogen (secondary N) is 1. The van der Waals surface area contributed by atoms with Crippen LogP contribution in [0.25, 0.3) is 5.57 Å². The molecule has 28 heavy (non-hydrogen) atoms. The number of hydrazone groups is 1. The van der Waals surface area contributed by atoms with E-state index in [2.05, 4.69) is 15.5 Å². The normalized spacial score (nSPS) is 19.1. The van der Waals surface area contributed by atoms with Gasteiger partial charge < -0.3 is 5.32 Å². The largest absolute Gasteiger partial charge is 0.416 e. The summed E-state index contributed by atoms with van der Waals surface area (Å²) in [6, 6.07) is 2.87. The van der Waals surface area contributed by atoms with Gasteiger partial charge in [0.15, 0.2) is 0 Å². The summed E-state index contributed by atoms with van der Waals surface area (Å²) in [5, 5.41) is 11.1. The number of hydrogen-bond donors (Lipinski definition) is 1. The number of halogens is 3. The van der Waals surface area contributed by atoms with E-state index >= 15 is 0 Å². The third-order valence-corrected chi connectivity index (χ3v) is 5.96. The Morgan fingerprint density at radius 1 is 1.18 bits per heavy atom. The Hall–Kier alpha value is -3.08. The van der Waals surface area contributed by atoms with E-state index in [0.717, 1.165) is 34.2 Å². The highest BCUT2D eigenvalue weighted by Crippen LogP contribution is 2.33. The zero-order valence-electron chi connectivity index (χ0n) is 14.4. The lowest BCUT2D eigenvalue weighted by Gasteiger charge is -2.23. The highest BCUT2D eigenvalue weighted by atomic mass is 32.2. The molecule has 2 aliphatic rings. The van der Waals surface area contributed by atoms with E-state index in [4.69, 9.17) is 0 Å². The van der Waals surface area contributed by atoms with Crippen molar-refractivity contribution < 1.29 is 21.6 Å². The standard InChI is InChI=1S/C17H14F3N5O2S/c1-24-10-12(8-22-24)11-6-16-15(21-7-11)9-23-25(16)28(26,27)14-4-2-13(3-5-14)17(18,19)20/h2-10,15,21H,1H3. The molecule has 0 spiro atoms. The number of aryl methyl sites for hydroxylation is 1. The van der Waals surface area contributed by atoms with Crippen molar-refractivity contribution in [1.29, 1.82) is 0 Å². The molecule has 3 heterocycles. The molecule has 1 aromatic heterocycles. The van der Waals surface area contributed by atoms with Crippen molar-refractivity contribution in [2.24, 2.45) is 12.1 Å². The molecule has 0 radical (unpaired) electrons. The maximum atomic E-state index is 12.9. The summed E-state index contributed by atoms with van der Waals surface area (Å²) in [6.07, 6.45) is 3.67. The Balaban J connectivity index is 1.67. The predicted octanol–water partition coefficient (Wildman–Crippen LogP) is 2.33. The number of aromatic nitrogens is 2. The van der Waals surface area contributed by atoms with Gasteiger partial charge in [-0.2, -0.15) is 36.2 Å². The van der Waals surface area contributed by atoms with Gasteiger partial charge in [0.1, 0.15) is 6.04 Å². The van der Waals surface area contributed by atoms with Crippen LogP contribution in [0.1, 0.15) is 11.1 Å². The fourth-order valence-corrected chi connectivity index (χ4v) is 4.20. The summed E-state index contributed by atoms with van der Waals surface area (Å²) in [6.45, 7) is 0. The first-order valence-corrected chi connectivity index (χ1v) is 9.54. The van der Waals surface area contributed by atoms with Crippen molar-refractivity contribution >= 4 is 21.8 Å². The van der Waals surface area contributed by atoms with E-state index in [1.807, 2.05) is 0 Å². The maximum absolute atomic E-state index is 12.9. The van der Waals surface area contributed by atoms with Crippen LogP contribution in [0.2, 0.25) is 0 Å². The summed E-state index contributed by atoms with van der Waals surface area (Å²) < 4.78 is 66.5. The number of dihydropyridines is 1. The molecule has 1 N–H and O–H groups in total. The fraction of sp³-hybridized carbons (Fsp3) is 0.176. The lowest BCUT2D eigenvalue weighted by atomic mass is 10.0. The molecular weight excluding hydrogens is 395 g/mol. The molecule has 0 saturated carbocycles. The Kier molecular flexibility index (Phi) is 4.07. The molecule has 2 aromatic rings. The minimum absolute atomic E-state index is 0.281. The molecule has 0 amide bonds. The van der Waals surface area contributed by atoms with Crippen molar-refractivity contribution in [1.82, 2.24) is 19.5 Å². The quantitative estimate of drug-likeness (QED) is 0.844. The summed E-state index contributed by atoms with van der Waals surface area (Å²) >= 11 is 0. The number of nitrogens with zero attached hydrogens (tertiary/aromatic N) is 4.